The highest BCUT2D eigenvalue weighted by molar-refractivity contribution is 5.77. The van der Waals surface area contributed by atoms with E-state index < -0.39 is 0 Å². The van der Waals surface area contributed by atoms with Crippen molar-refractivity contribution in [3.05, 3.63) is 30.1 Å². The quantitative estimate of drug-likeness (QED) is 0.740. The number of nitrogens with zero attached hydrogens (tertiary/aromatic N) is 2. The molecular formula is C22H34FN3O2. The van der Waals surface area contributed by atoms with Gasteiger partial charge in [0.2, 0.25) is 5.91 Å². The second kappa shape index (κ2) is 10.8. The lowest BCUT2D eigenvalue weighted by molar-refractivity contribution is -0.126. The molecule has 0 radical (unpaired) electrons. The first kappa shape index (κ1) is 21.1. The average Bonchev–Trinajstić information content (AvgIpc) is 2.72. The summed E-state index contributed by atoms with van der Waals surface area (Å²) in [6.07, 6.45) is 5.75. The maximum absolute atomic E-state index is 13.9. The summed E-state index contributed by atoms with van der Waals surface area (Å²) in [7, 11) is 0. The van der Waals surface area contributed by atoms with Gasteiger partial charge in [0.15, 0.2) is 0 Å². The summed E-state index contributed by atoms with van der Waals surface area (Å²) in [5.74, 6) is 0.642. The predicted octanol–water partition coefficient (Wildman–Crippen LogP) is 3.05. The molecular weight excluding hydrogens is 357 g/mol. The highest BCUT2D eigenvalue weighted by atomic mass is 19.1. The Balaban J connectivity index is 1.31. The summed E-state index contributed by atoms with van der Waals surface area (Å²) >= 11 is 0. The molecule has 0 unspecified atom stereocenters. The zero-order chi connectivity index (χ0) is 19.8. The van der Waals surface area contributed by atoms with E-state index in [2.05, 4.69) is 15.1 Å². The lowest BCUT2D eigenvalue weighted by Crippen LogP contribution is -2.47. The van der Waals surface area contributed by atoms with Crippen LogP contribution >= 0.6 is 0 Å². The van der Waals surface area contributed by atoms with Crippen LogP contribution in [0, 0.1) is 11.7 Å². The molecule has 3 rings (SSSR count). The fourth-order valence-corrected chi connectivity index (χ4v) is 4.35. The number of nitrogens with one attached hydrogen (secondary N) is 1. The zero-order valence-corrected chi connectivity index (χ0v) is 17.0. The molecule has 28 heavy (non-hydrogen) atoms. The molecule has 0 bridgehead atoms. The van der Waals surface area contributed by atoms with E-state index in [0.717, 1.165) is 57.2 Å². The first-order chi connectivity index (χ1) is 13.7. The predicted molar refractivity (Wildman–Crippen MR) is 110 cm³/mol. The molecule has 1 aromatic rings. The normalized spacial score (nSPS) is 23.6. The number of carbonyl (C=O) groups is 1. The number of para-hydroxylation sites is 1. The Bertz CT molecular complexity index is 612. The minimum Gasteiger partial charge on any atom is -0.372 e. The van der Waals surface area contributed by atoms with Crippen molar-refractivity contribution >= 4 is 11.6 Å². The van der Waals surface area contributed by atoms with Gasteiger partial charge in [0.1, 0.15) is 12.4 Å². The van der Waals surface area contributed by atoms with E-state index in [4.69, 9.17) is 4.74 Å². The number of rotatable bonds is 8. The molecule has 1 aliphatic heterocycles. The van der Waals surface area contributed by atoms with Gasteiger partial charge in [-0.3, -0.25) is 9.69 Å². The zero-order valence-electron chi connectivity index (χ0n) is 17.0. The Morgan fingerprint density at radius 2 is 1.86 bits per heavy atom. The van der Waals surface area contributed by atoms with Crippen LogP contribution in [0.3, 0.4) is 0 Å². The van der Waals surface area contributed by atoms with Crippen molar-refractivity contribution in [2.45, 2.75) is 45.1 Å². The van der Waals surface area contributed by atoms with Crippen molar-refractivity contribution in [2.75, 3.05) is 50.8 Å². The molecule has 5 nitrogen and oxygen atoms in total. The number of anilines is 1. The minimum atomic E-state index is -0.124. The van der Waals surface area contributed by atoms with E-state index in [0.29, 0.717) is 12.6 Å². The van der Waals surface area contributed by atoms with Crippen LogP contribution in [-0.2, 0) is 9.53 Å². The molecule has 2 fully saturated rings. The highest BCUT2D eigenvalue weighted by Gasteiger charge is 2.24. The van der Waals surface area contributed by atoms with Gasteiger partial charge in [-0.05, 0) is 63.6 Å². The number of benzene rings is 1. The van der Waals surface area contributed by atoms with Gasteiger partial charge < -0.3 is 15.0 Å². The molecule has 1 aliphatic carbocycles. The smallest absolute Gasteiger partial charge is 0.246 e. The summed E-state index contributed by atoms with van der Waals surface area (Å²) in [5, 5.41) is 3.09. The summed E-state index contributed by atoms with van der Waals surface area (Å²) in [6, 6.07) is 7.37. The highest BCUT2D eigenvalue weighted by Crippen LogP contribution is 2.27. The van der Waals surface area contributed by atoms with Crippen LogP contribution in [0.15, 0.2) is 24.3 Å². The first-order valence-electron chi connectivity index (χ1n) is 10.7. The Morgan fingerprint density at radius 3 is 2.54 bits per heavy atom. The van der Waals surface area contributed by atoms with E-state index in [1.54, 1.807) is 6.07 Å². The van der Waals surface area contributed by atoms with Crippen molar-refractivity contribution in [3.8, 4) is 0 Å². The molecule has 6 heteroatoms. The van der Waals surface area contributed by atoms with Crippen molar-refractivity contribution in [3.63, 3.8) is 0 Å². The summed E-state index contributed by atoms with van der Waals surface area (Å²) in [6.45, 7) is 7.55. The van der Waals surface area contributed by atoms with Crippen LogP contribution < -0.4 is 10.2 Å². The molecule has 0 atom stereocenters. The number of amides is 1. The molecule has 1 N–H and O–H groups in total. The van der Waals surface area contributed by atoms with Gasteiger partial charge in [-0.15, -0.1) is 0 Å². The van der Waals surface area contributed by atoms with Crippen LogP contribution in [0.1, 0.15) is 39.0 Å². The third-order valence-corrected chi connectivity index (χ3v) is 6.07. The minimum absolute atomic E-state index is 0.0121. The summed E-state index contributed by atoms with van der Waals surface area (Å²) < 4.78 is 19.1. The Labute approximate surface area is 168 Å². The topological polar surface area (TPSA) is 44.8 Å². The second-order valence-electron chi connectivity index (χ2n) is 7.99. The van der Waals surface area contributed by atoms with Crippen LogP contribution in [-0.4, -0.2) is 62.8 Å². The molecule has 0 spiro atoms. The standard InChI is InChI=1S/C22H34FN3O2/c1-2-28-17-22(27)24-19-9-7-18(8-10-19)11-12-25-13-15-26(16-14-25)21-6-4-3-5-20(21)23/h3-6,18-19H,2,7-17H2,1H3,(H,24,27)/t18-,19-. The number of ether oxygens (including phenoxy) is 1. The van der Waals surface area contributed by atoms with Gasteiger partial charge >= 0.3 is 0 Å². The maximum Gasteiger partial charge on any atom is 0.246 e. The maximum atomic E-state index is 13.9. The SMILES string of the molecule is CCOCC(=O)N[C@H]1CC[C@H](CCN2CCN(c3ccccc3F)CC2)CC1. The number of hydrogen-bond donors (Lipinski definition) is 1. The third-order valence-electron chi connectivity index (χ3n) is 6.07. The number of halogens is 1. The third kappa shape index (κ3) is 6.17. The van der Waals surface area contributed by atoms with Crippen molar-refractivity contribution in [2.24, 2.45) is 5.92 Å². The lowest BCUT2D eigenvalue weighted by atomic mass is 9.84. The largest absolute Gasteiger partial charge is 0.372 e. The fourth-order valence-electron chi connectivity index (χ4n) is 4.35. The number of piperazine rings is 1. The van der Waals surface area contributed by atoms with Crippen LogP contribution in [0.25, 0.3) is 0 Å². The number of hydrogen-bond acceptors (Lipinski definition) is 4. The molecule has 1 aromatic carbocycles. The van der Waals surface area contributed by atoms with E-state index >= 15 is 0 Å². The van der Waals surface area contributed by atoms with Gasteiger partial charge in [-0.25, -0.2) is 4.39 Å². The Morgan fingerprint density at radius 1 is 1.14 bits per heavy atom. The molecule has 156 valence electrons. The van der Waals surface area contributed by atoms with Crippen LogP contribution in [0.2, 0.25) is 0 Å². The molecule has 1 saturated carbocycles. The van der Waals surface area contributed by atoms with Crippen molar-refractivity contribution in [1.82, 2.24) is 10.2 Å². The number of carbonyl (C=O) groups excluding carboxylic acids is 1. The molecule has 1 heterocycles. The van der Waals surface area contributed by atoms with E-state index in [-0.39, 0.29) is 18.3 Å². The molecule has 0 aromatic heterocycles. The van der Waals surface area contributed by atoms with Crippen molar-refractivity contribution < 1.29 is 13.9 Å². The second-order valence-corrected chi connectivity index (χ2v) is 7.99. The summed E-state index contributed by atoms with van der Waals surface area (Å²) in [4.78, 5) is 16.4. The van der Waals surface area contributed by atoms with Gasteiger partial charge in [-0.2, -0.15) is 0 Å². The van der Waals surface area contributed by atoms with Crippen LogP contribution in [0.5, 0.6) is 0 Å². The van der Waals surface area contributed by atoms with Gasteiger partial charge in [0, 0.05) is 38.8 Å². The van der Waals surface area contributed by atoms with Crippen molar-refractivity contribution in [1.29, 1.82) is 0 Å². The Hall–Kier alpha value is -1.66. The molecule has 1 saturated heterocycles. The van der Waals surface area contributed by atoms with Crippen LogP contribution in [0.4, 0.5) is 10.1 Å². The Kier molecular flexibility index (Phi) is 8.10. The van der Waals surface area contributed by atoms with E-state index in [1.165, 1.54) is 25.3 Å². The lowest BCUT2D eigenvalue weighted by Gasteiger charge is -2.37. The van der Waals surface area contributed by atoms with Gasteiger partial charge in [0.05, 0.1) is 5.69 Å². The molecule has 2 aliphatic rings. The average molecular weight is 392 g/mol. The van der Waals surface area contributed by atoms with Gasteiger partial charge in [-0.1, -0.05) is 12.1 Å². The van der Waals surface area contributed by atoms with Gasteiger partial charge in [0.25, 0.3) is 0 Å². The van der Waals surface area contributed by atoms with E-state index in [1.807, 2.05) is 19.1 Å². The fraction of sp³-hybridized carbons (Fsp3) is 0.682. The molecule has 1 amide bonds. The first-order valence-corrected chi connectivity index (χ1v) is 10.7. The van der Waals surface area contributed by atoms with E-state index in [9.17, 15) is 9.18 Å². The summed E-state index contributed by atoms with van der Waals surface area (Å²) in [5.41, 5.74) is 0.729. The monoisotopic (exact) mass is 391 g/mol.